The van der Waals surface area contributed by atoms with Crippen molar-refractivity contribution in [1.29, 1.82) is 0 Å². The van der Waals surface area contributed by atoms with E-state index in [2.05, 4.69) is 39.1 Å². The molecular formula is C19H31IN4O2. The number of rotatable bonds is 9. The molecule has 1 aromatic carbocycles. The van der Waals surface area contributed by atoms with E-state index in [1.807, 2.05) is 13.8 Å². The van der Waals surface area contributed by atoms with Crippen molar-refractivity contribution in [2.24, 2.45) is 10.9 Å². The Morgan fingerprint density at radius 1 is 1.23 bits per heavy atom. The van der Waals surface area contributed by atoms with Gasteiger partial charge in [-0.15, -0.1) is 24.0 Å². The third-order valence-electron chi connectivity index (χ3n) is 4.15. The topological polar surface area (TPSA) is 74.8 Å². The van der Waals surface area contributed by atoms with E-state index in [1.54, 1.807) is 7.11 Å². The lowest BCUT2D eigenvalue weighted by atomic mass is 10.1. The molecule has 1 fully saturated rings. The number of ether oxygens (including phenoxy) is 1. The Morgan fingerprint density at radius 2 is 1.96 bits per heavy atom. The molecule has 0 atom stereocenters. The van der Waals surface area contributed by atoms with Gasteiger partial charge in [-0.25, -0.2) is 0 Å². The van der Waals surface area contributed by atoms with Crippen LogP contribution in [-0.2, 0) is 11.2 Å². The Balaban J connectivity index is 0.00000338. The highest BCUT2D eigenvalue weighted by atomic mass is 127. The van der Waals surface area contributed by atoms with Gasteiger partial charge in [0.2, 0.25) is 5.91 Å². The van der Waals surface area contributed by atoms with E-state index in [1.165, 1.54) is 5.56 Å². The summed E-state index contributed by atoms with van der Waals surface area (Å²) < 4.78 is 5.36. The first-order valence-corrected chi connectivity index (χ1v) is 9.07. The molecule has 3 N–H and O–H groups in total. The molecule has 7 heteroatoms. The first kappa shape index (κ1) is 22.5. The van der Waals surface area contributed by atoms with Crippen molar-refractivity contribution in [3.8, 4) is 5.75 Å². The number of hydrogen-bond acceptors (Lipinski definition) is 3. The Hall–Kier alpha value is -1.51. The highest BCUT2D eigenvalue weighted by Crippen LogP contribution is 2.28. The van der Waals surface area contributed by atoms with Gasteiger partial charge in [-0.1, -0.05) is 12.1 Å². The summed E-state index contributed by atoms with van der Waals surface area (Å²) in [7, 11) is 1.69. The van der Waals surface area contributed by atoms with Crippen LogP contribution in [0.5, 0.6) is 5.75 Å². The predicted molar refractivity (Wildman–Crippen MR) is 117 cm³/mol. The van der Waals surface area contributed by atoms with E-state index in [4.69, 9.17) is 4.74 Å². The number of amides is 1. The van der Waals surface area contributed by atoms with E-state index < -0.39 is 0 Å². The van der Waals surface area contributed by atoms with Gasteiger partial charge < -0.3 is 20.7 Å². The Morgan fingerprint density at radius 3 is 2.62 bits per heavy atom. The molecule has 1 amide bonds. The van der Waals surface area contributed by atoms with Crippen LogP contribution in [0.1, 0.15) is 30.9 Å². The van der Waals surface area contributed by atoms with E-state index >= 15 is 0 Å². The molecule has 6 nitrogen and oxygen atoms in total. The number of methoxy groups -OCH3 is 1. The van der Waals surface area contributed by atoms with Gasteiger partial charge in [-0.2, -0.15) is 0 Å². The third-order valence-corrected chi connectivity index (χ3v) is 4.15. The average molecular weight is 474 g/mol. The summed E-state index contributed by atoms with van der Waals surface area (Å²) in [5.74, 6) is 2.13. The Labute approximate surface area is 173 Å². The summed E-state index contributed by atoms with van der Waals surface area (Å²) in [5.41, 5.74) is 2.34. The third kappa shape index (κ3) is 7.80. The molecule has 1 aromatic rings. The summed E-state index contributed by atoms with van der Waals surface area (Å²) in [6.07, 6.45) is 2.92. The van der Waals surface area contributed by atoms with E-state index in [0.29, 0.717) is 19.6 Å². The monoisotopic (exact) mass is 474 g/mol. The van der Waals surface area contributed by atoms with Crippen LogP contribution < -0.4 is 20.7 Å². The van der Waals surface area contributed by atoms with Gasteiger partial charge in [-0.05, 0) is 50.3 Å². The molecule has 1 aliphatic carbocycles. The highest BCUT2D eigenvalue weighted by molar-refractivity contribution is 14.0. The van der Waals surface area contributed by atoms with Crippen molar-refractivity contribution < 1.29 is 9.53 Å². The molecule has 0 spiro atoms. The zero-order valence-electron chi connectivity index (χ0n) is 15.9. The summed E-state index contributed by atoms with van der Waals surface area (Å²) in [4.78, 5) is 16.2. The van der Waals surface area contributed by atoms with E-state index in [9.17, 15) is 4.79 Å². The molecule has 0 aliphatic heterocycles. The average Bonchev–Trinajstić information content (AvgIpc) is 3.45. The van der Waals surface area contributed by atoms with Crippen molar-refractivity contribution in [2.75, 3.05) is 33.3 Å². The highest BCUT2D eigenvalue weighted by Gasteiger charge is 2.28. The van der Waals surface area contributed by atoms with Crippen LogP contribution in [0.15, 0.2) is 23.2 Å². The van der Waals surface area contributed by atoms with Crippen molar-refractivity contribution in [3.05, 3.63) is 29.3 Å². The molecule has 0 bridgehead atoms. The van der Waals surface area contributed by atoms with Crippen LogP contribution in [0, 0.1) is 12.8 Å². The fourth-order valence-corrected chi connectivity index (χ4v) is 2.51. The van der Waals surface area contributed by atoms with Crippen molar-refractivity contribution >= 4 is 35.8 Å². The zero-order valence-corrected chi connectivity index (χ0v) is 18.3. The number of aryl methyl sites for hydroxylation is 1. The minimum atomic E-state index is 0. The number of carbonyl (C=O) groups is 1. The molecule has 0 aromatic heterocycles. The summed E-state index contributed by atoms with van der Waals surface area (Å²) >= 11 is 0. The van der Waals surface area contributed by atoms with Gasteiger partial charge in [0, 0.05) is 32.1 Å². The lowest BCUT2D eigenvalue weighted by Crippen LogP contribution is -2.41. The smallest absolute Gasteiger partial charge is 0.223 e. The van der Waals surface area contributed by atoms with Crippen LogP contribution in [0.2, 0.25) is 0 Å². The van der Waals surface area contributed by atoms with Gasteiger partial charge in [0.05, 0.1) is 7.11 Å². The fourth-order valence-electron chi connectivity index (χ4n) is 2.51. The standard InChI is InChI=1S/C19H30N4O2.HI/c1-4-20-19(23-12-11-21-18(24)16-7-8-16)22-10-9-15-6-5-14(2)17(13-15)25-3;/h5-6,13,16H,4,7-12H2,1-3H3,(H,21,24)(H2,20,22,23);1H. The van der Waals surface area contributed by atoms with Crippen LogP contribution in [0.4, 0.5) is 0 Å². The molecule has 0 unspecified atom stereocenters. The maximum absolute atomic E-state index is 11.6. The molecule has 146 valence electrons. The minimum absolute atomic E-state index is 0. The number of aliphatic imine (C=N–C) groups is 1. The van der Waals surface area contributed by atoms with Gasteiger partial charge in [0.25, 0.3) is 0 Å². The normalized spacial score (nSPS) is 13.6. The quantitative estimate of drug-likeness (QED) is 0.222. The van der Waals surface area contributed by atoms with Gasteiger partial charge in [-0.3, -0.25) is 9.79 Å². The molecule has 0 saturated heterocycles. The summed E-state index contributed by atoms with van der Waals surface area (Å²) in [5, 5.41) is 9.42. The molecule has 1 saturated carbocycles. The van der Waals surface area contributed by atoms with E-state index in [0.717, 1.165) is 43.1 Å². The summed E-state index contributed by atoms with van der Waals surface area (Å²) in [6.45, 7) is 6.86. The number of guanidine groups is 1. The molecule has 0 radical (unpaired) electrons. The van der Waals surface area contributed by atoms with Crippen LogP contribution in [-0.4, -0.2) is 45.2 Å². The minimum Gasteiger partial charge on any atom is -0.496 e. The van der Waals surface area contributed by atoms with Crippen LogP contribution in [0.25, 0.3) is 0 Å². The predicted octanol–water partition coefficient (Wildman–Crippen LogP) is 2.25. The van der Waals surface area contributed by atoms with E-state index in [-0.39, 0.29) is 35.8 Å². The number of carbonyl (C=O) groups excluding carboxylic acids is 1. The number of benzene rings is 1. The van der Waals surface area contributed by atoms with Gasteiger partial charge in [0.15, 0.2) is 5.96 Å². The van der Waals surface area contributed by atoms with Crippen LogP contribution >= 0.6 is 24.0 Å². The first-order valence-electron chi connectivity index (χ1n) is 9.07. The molecule has 2 rings (SSSR count). The maximum Gasteiger partial charge on any atom is 0.223 e. The molecule has 0 heterocycles. The molecular weight excluding hydrogens is 443 g/mol. The summed E-state index contributed by atoms with van der Waals surface area (Å²) in [6, 6.07) is 6.25. The molecule has 1 aliphatic rings. The van der Waals surface area contributed by atoms with Crippen LogP contribution in [0.3, 0.4) is 0 Å². The Bertz CT molecular complexity index is 603. The number of halogens is 1. The van der Waals surface area contributed by atoms with Gasteiger partial charge >= 0.3 is 0 Å². The molecule has 26 heavy (non-hydrogen) atoms. The van der Waals surface area contributed by atoms with Crippen molar-refractivity contribution in [2.45, 2.75) is 33.1 Å². The number of nitrogens with zero attached hydrogens (tertiary/aromatic N) is 1. The lowest BCUT2D eigenvalue weighted by molar-refractivity contribution is -0.122. The van der Waals surface area contributed by atoms with Crippen molar-refractivity contribution in [3.63, 3.8) is 0 Å². The van der Waals surface area contributed by atoms with Crippen molar-refractivity contribution in [1.82, 2.24) is 16.0 Å². The number of hydrogen-bond donors (Lipinski definition) is 3. The zero-order chi connectivity index (χ0) is 18.1. The largest absolute Gasteiger partial charge is 0.496 e. The lowest BCUT2D eigenvalue weighted by Gasteiger charge is -2.12. The second-order valence-electron chi connectivity index (χ2n) is 6.31. The maximum atomic E-state index is 11.6. The SMILES string of the molecule is CCNC(=NCCc1ccc(C)c(OC)c1)NCCNC(=O)C1CC1.I. The fraction of sp³-hybridized carbons (Fsp3) is 0.579. The first-order chi connectivity index (χ1) is 12.1. The second-order valence-corrected chi connectivity index (χ2v) is 6.31. The Kier molecular flexibility index (Phi) is 10.4. The number of nitrogens with one attached hydrogen (secondary N) is 3. The van der Waals surface area contributed by atoms with Gasteiger partial charge in [0.1, 0.15) is 5.75 Å². The second kappa shape index (κ2) is 12.0.